The Bertz CT molecular complexity index is 377. The predicted octanol–water partition coefficient (Wildman–Crippen LogP) is 4.01. The molecule has 0 radical (unpaired) electrons. The van der Waals surface area contributed by atoms with Gasteiger partial charge in [-0.2, -0.15) is 0 Å². The fourth-order valence-corrected chi connectivity index (χ4v) is 4.53. The van der Waals surface area contributed by atoms with E-state index in [0.717, 1.165) is 12.8 Å². The molecular formula is C15H20OS. The Morgan fingerprint density at radius 2 is 1.53 bits per heavy atom. The van der Waals surface area contributed by atoms with Crippen molar-refractivity contribution in [1.29, 1.82) is 0 Å². The molecule has 1 aromatic rings. The maximum atomic E-state index is 10.9. The van der Waals surface area contributed by atoms with Crippen molar-refractivity contribution in [1.82, 2.24) is 0 Å². The van der Waals surface area contributed by atoms with Crippen LogP contribution in [-0.4, -0.2) is 15.5 Å². The minimum absolute atomic E-state index is 0.134. The lowest BCUT2D eigenvalue weighted by atomic mass is 9.81. The van der Waals surface area contributed by atoms with Crippen LogP contribution >= 0.6 is 11.8 Å². The maximum absolute atomic E-state index is 10.9. The minimum atomic E-state index is -0.397. The van der Waals surface area contributed by atoms with Crippen LogP contribution in [0.4, 0.5) is 0 Å². The molecule has 1 aromatic carbocycles. The van der Waals surface area contributed by atoms with Crippen LogP contribution in [0, 0.1) is 0 Å². The van der Waals surface area contributed by atoms with E-state index in [1.165, 1.54) is 37.0 Å². The highest BCUT2D eigenvalue weighted by atomic mass is 32.2. The highest BCUT2D eigenvalue weighted by molar-refractivity contribution is 8.01. The topological polar surface area (TPSA) is 20.2 Å². The van der Waals surface area contributed by atoms with Gasteiger partial charge in [-0.15, -0.1) is 11.8 Å². The van der Waals surface area contributed by atoms with Crippen molar-refractivity contribution in [2.24, 2.45) is 0 Å². The average Bonchev–Trinajstić information content (AvgIpc) is 3.13. The van der Waals surface area contributed by atoms with Gasteiger partial charge in [0.25, 0.3) is 0 Å². The lowest BCUT2D eigenvalue weighted by Crippen LogP contribution is -2.43. The number of hydrogen-bond acceptors (Lipinski definition) is 2. The van der Waals surface area contributed by atoms with Crippen LogP contribution in [0.15, 0.2) is 35.2 Å². The van der Waals surface area contributed by atoms with Gasteiger partial charge in [-0.1, -0.05) is 37.5 Å². The van der Waals surface area contributed by atoms with E-state index in [4.69, 9.17) is 0 Å². The lowest BCUT2D eigenvalue weighted by Gasteiger charge is -2.39. The van der Waals surface area contributed by atoms with Gasteiger partial charge in [0.1, 0.15) is 0 Å². The highest BCUT2D eigenvalue weighted by Gasteiger charge is 2.59. The molecule has 2 aliphatic rings. The summed E-state index contributed by atoms with van der Waals surface area (Å²) in [4.78, 5) is 1.31. The summed E-state index contributed by atoms with van der Waals surface area (Å²) >= 11 is 1.91. The standard InChI is InChI=1S/C15H20OS/c16-14(9-5-2-6-10-14)15(11-12-15)17-13-7-3-1-4-8-13/h1,3-4,7-8,16H,2,5-6,9-12H2. The lowest BCUT2D eigenvalue weighted by molar-refractivity contribution is -0.00491. The summed E-state index contributed by atoms with van der Waals surface area (Å²) in [7, 11) is 0. The Labute approximate surface area is 108 Å². The molecule has 3 rings (SSSR count). The monoisotopic (exact) mass is 248 g/mol. The van der Waals surface area contributed by atoms with Gasteiger partial charge in [0.05, 0.1) is 5.60 Å². The van der Waals surface area contributed by atoms with Crippen molar-refractivity contribution in [3.8, 4) is 0 Å². The molecule has 2 aliphatic carbocycles. The van der Waals surface area contributed by atoms with E-state index in [-0.39, 0.29) is 4.75 Å². The molecule has 17 heavy (non-hydrogen) atoms. The third-order valence-electron chi connectivity index (χ3n) is 4.29. The molecule has 1 nitrogen and oxygen atoms in total. The van der Waals surface area contributed by atoms with E-state index in [1.807, 2.05) is 11.8 Å². The molecule has 2 heteroatoms. The number of aliphatic hydroxyl groups is 1. The number of benzene rings is 1. The summed E-state index contributed by atoms with van der Waals surface area (Å²) in [5.74, 6) is 0. The van der Waals surface area contributed by atoms with Gasteiger partial charge in [0.2, 0.25) is 0 Å². The SMILES string of the molecule is OC1(C2(Sc3ccccc3)CC2)CCCCC1. The van der Waals surface area contributed by atoms with Crippen molar-refractivity contribution in [3.63, 3.8) is 0 Å². The fraction of sp³-hybridized carbons (Fsp3) is 0.600. The third kappa shape index (κ3) is 2.13. The first-order valence-electron chi connectivity index (χ1n) is 6.71. The molecule has 0 amide bonds. The van der Waals surface area contributed by atoms with Crippen LogP contribution in [0.5, 0.6) is 0 Å². The Balaban J connectivity index is 1.77. The van der Waals surface area contributed by atoms with Gasteiger partial charge in [-0.25, -0.2) is 0 Å². The molecule has 0 bridgehead atoms. The first-order valence-corrected chi connectivity index (χ1v) is 7.52. The molecule has 0 aromatic heterocycles. The Kier molecular flexibility index (Phi) is 2.95. The van der Waals surface area contributed by atoms with E-state index in [2.05, 4.69) is 30.3 Å². The van der Waals surface area contributed by atoms with Crippen LogP contribution in [0.3, 0.4) is 0 Å². The summed E-state index contributed by atoms with van der Waals surface area (Å²) in [6, 6.07) is 10.6. The molecular weight excluding hydrogens is 228 g/mol. The molecule has 2 fully saturated rings. The summed E-state index contributed by atoms with van der Waals surface area (Å²) in [6.07, 6.45) is 8.08. The van der Waals surface area contributed by atoms with Crippen molar-refractivity contribution in [3.05, 3.63) is 30.3 Å². The van der Waals surface area contributed by atoms with E-state index in [0.29, 0.717) is 0 Å². The summed E-state index contributed by atoms with van der Waals surface area (Å²) in [5, 5.41) is 10.9. The second-order valence-corrected chi connectivity index (χ2v) is 6.96. The highest BCUT2D eigenvalue weighted by Crippen LogP contribution is 2.61. The summed E-state index contributed by atoms with van der Waals surface area (Å²) < 4.78 is 0.134. The van der Waals surface area contributed by atoms with Crippen molar-refractivity contribution in [2.45, 2.75) is 60.2 Å². The Morgan fingerprint density at radius 1 is 0.882 bits per heavy atom. The second kappa shape index (κ2) is 4.33. The molecule has 92 valence electrons. The molecule has 2 saturated carbocycles. The molecule has 0 heterocycles. The van der Waals surface area contributed by atoms with E-state index in [1.54, 1.807) is 0 Å². The fourth-order valence-electron chi connectivity index (χ4n) is 3.08. The maximum Gasteiger partial charge on any atom is 0.0797 e. The van der Waals surface area contributed by atoms with Crippen LogP contribution in [0.2, 0.25) is 0 Å². The zero-order valence-corrected chi connectivity index (χ0v) is 11.0. The third-order valence-corrected chi connectivity index (χ3v) is 5.98. The predicted molar refractivity (Wildman–Crippen MR) is 72.3 cm³/mol. The van der Waals surface area contributed by atoms with Gasteiger partial charge in [-0.05, 0) is 37.8 Å². The zero-order valence-electron chi connectivity index (χ0n) is 10.2. The van der Waals surface area contributed by atoms with Gasteiger partial charge in [0, 0.05) is 9.64 Å². The first kappa shape index (κ1) is 11.6. The number of rotatable bonds is 3. The van der Waals surface area contributed by atoms with Crippen LogP contribution in [0.1, 0.15) is 44.9 Å². The van der Waals surface area contributed by atoms with Crippen LogP contribution in [0.25, 0.3) is 0 Å². The molecule has 0 aliphatic heterocycles. The molecule has 1 N–H and O–H groups in total. The number of thioether (sulfide) groups is 1. The normalized spacial score (nSPS) is 25.5. The second-order valence-electron chi connectivity index (χ2n) is 5.50. The minimum Gasteiger partial charge on any atom is -0.388 e. The molecule has 0 atom stereocenters. The Hall–Kier alpha value is -0.470. The largest absolute Gasteiger partial charge is 0.388 e. The first-order chi connectivity index (χ1) is 8.24. The Morgan fingerprint density at radius 3 is 2.12 bits per heavy atom. The van der Waals surface area contributed by atoms with Gasteiger partial charge < -0.3 is 5.11 Å². The molecule has 0 spiro atoms. The van der Waals surface area contributed by atoms with Crippen molar-refractivity contribution >= 4 is 11.8 Å². The van der Waals surface area contributed by atoms with Crippen LogP contribution < -0.4 is 0 Å². The molecule has 0 unspecified atom stereocenters. The van der Waals surface area contributed by atoms with Gasteiger partial charge >= 0.3 is 0 Å². The van der Waals surface area contributed by atoms with Crippen molar-refractivity contribution in [2.75, 3.05) is 0 Å². The van der Waals surface area contributed by atoms with E-state index in [9.17, 15) is 5.11 Å². The quantitative estimate of drug-likeness (QED) is 0.872. The van der Waals surface area contributed by atoms with Crippen LogP contribution in [-0.2, 0) is 0 Å². The van der Waals surface area contributed by atoms with Gasteiger partial charge in [0.15, 0.2) is 0 Å². The summed E-state index contributed by atoms with van der Waals surface area (Å²) in [5.41, 5.74) is -0.397. The average molecular weight is 248 g/mol. The van der Waals surface area contributed by atoms with E-state index < -0.39 is 5.60 Å². The van der Waals surface area contributed by atoms with Gasteiger partial charge in [-0.3, -0.25) is 0 Å². The summed E-state index contributed by atoms with van der Waals surface area (Å²) in [6.45, 7) is 0. The number of hydrogen-bond donors (Lipinski definition) is 1. The van der Waals surface area contributed by atoms with E-state index >= 15 is 0 Å². The zero-order chi connectivity index (χ0) is 11.8. The van der Waals surface area contributed by atoms with Crippen molar-refractivity contribution < 1.29 is 5.11 Å². The molecule has 0 saturated heterocycles. The smallest absolute Gasteiger partial charge is 0.0797 e.